The molecular formula is C34H36F3N5O3. The van der Waals surface area contributed by atoms with E-state index in [4.69, 9.17) is 0 Å². The maximum absolute atomic E-state index is 14.8. The number of amides is 1. The van der Waals surface area contributed by atoms with Crippen molar-refractivity contribution in [2.24, 2.45) is 13.0 Å². The number of nitrogens with zero attached hydrogens (tertiary/aromatic N) is 5. The Balaban J connectivity index is 1.37. The van der Waals surface area contributed by atoms with Gasteiger partial charge in [0, 0.05) is 49.3 Å². The Labute approximate surface area is 259 Å². The van der Waals surface area contributed by atoms with E-state index in [9.17, 15) is 27.9 Å². The first kappa shape index (κ1) is 30.6. The number of halogens is 3. The van der Waals surface area contributed by atoms with Gasteiger partial charge in [-0.1, -0.05) is 42.8 Å². The fourth-order valence-electron chi connectivity index (χ4n) is 6.88. The van der Waals surface area contributed by atoms with Crippen molar-refractivity contribution in [3.05, 3.63) is 89.0 Å². The van der Waals surface area contributed by atoms with E-state index < -0.39 is 23.6 Å². The molecule has 2 fully saturated rings. The normalized spacial score (nSPS) is 19.9. The van der Waals surface area contributed by atoms with Crippen LogP contribution in [0.3, 0.4) is 0 Å². The molecule has 0 radical (unpaired) electrons. The van der Waals surface area contributed by atoms with Crippen LogP contribution in [0.4, 0.5) is 13.2 Å². The van der Waals surface area contributed by atoms with Crippen LogP contribution < -0.4 is 0 Å². The summed E-state index contributed by atoms with van der Waals surface area (Å²) < 4.78 is 47.8. The molecular weight excluding hydrogens is 583 g/mol. The van der Waals surface area contributed by atoms with Crippen LogP contribution in [0.2, 0.25) is 0 Å². The van der Waals surface area contributed by atoms with Crippen LogP contribution in [0.1, 0.15) is 89.0 Å². The molecule has 3 atom stereocenters. The SMILES string of the molecule is CCC[C@@H]1CCCCN1C(=O)c1cccc(-c2cccc(-n3ccc(C(=O)O)c3C[C@@H]3C[C@H]3c3cn(C)nn3)c2)c1C(F)(F)F. The maximum atomic E-state index is 14.8. The molecule has 2 aromatic carbocycles. The van der Waals surface area contributed by atoms with Crippen LogP contribution in [-0.2, 0) is 19.6 Å². The Hall–Kier alpha value is -4.41. The summed E-state index contributed by atoms with van der Waals surface area (Å²) in [6.45, 7) is 2.46. The van der Waals surface area contributed by atoms with Crippen LogP contribution >= 0.6 is 0 Å². The lowest BCUT2D eigenvalue weighted by atomic mass is 9.92. The Morgan fingerprint density at radius 1 is 1.07 bits per heavy atom. The van der Waals surface area contributed by atoms with E-state index in [-0.39, 0.29) is 34.6 Å². The molecule has 1 N–H and O–H groups in total. The number of aryl methyl sites for hydroxylation is 1. The Bertz CT molecular complexity index is 1720. The number of rotatable bonds is 9. The van der Waals surface area contributed by atoms with Crippen molar-refractivity contribution in [3.8, 4) is 16.8 Å². The van der Waals surface area contributed by atoms with Crippen molar-refractivity contribution in [1.82, 2.24) is 24.5 Å². The van der Waals surface area contributed by atoms with Crippen LogP contribution in [0, 0.1) is 5.92 Å². The molecule has 1 amide bonds. The predicted octanol–water partition coefficient (Wildman–Crippen LogP) is 7.13. The quantitative estimate of drug-likeness (QED) is 0.215. The van der Waals surface area contributed by atoms with Crippen LogP contribution in [0.15, 0.2) is 60.9 Å². The van der Waals surface area contributed by atoms with E-state index in [1.54, 1.807) is 51.7 Å². The van der Waals surface area contributed by atoms with Gasteiger partial charge in [0.25, 0.3) is 5.91 Å². The fourth-order valence-corrected chi connectivity index (χ4v) is 6.88. The van der Waals surface area contributed by atoms with Gasteiger partial charge in [-0.2, -0.15) is 13.2 Å². The topological polar surface area (TPSA) is 93.2 Å². The lowest BCUT2D eigenvalue weighted by Crippen LogP contribution is -2.44. The number of hydrogen-bond donors (Lipinski definition) is 1. The van der Waals surface area contributed by atoms with Gasteiger partial charge in [0.1, 0.15) is 0 Å². The number of carboxylic acid groups (broad SMARTS) is 1. The fraction of sp³-hybridized carbons (Fsp3) is 0.412. The number of carboxylic acids is 1. The van der Waals surface area contributed by atoms with Gasteiger partial charge in [0.15, 0.2) is 0 Å². The average Bonchev–Trinajstić information content (AvgIpc) is 3.42. The highest BCUT2D eigenvalue weighted by molar-refractivity contribution is 5.98. The van der Waals surface area contributed by atoms with Crippen molar-refractivity contribution in [3.63, 3.8) is 0 Å². The Kier molecular flexibility index (Phi) is 8.28. The molecule has 0 spiro atoms. The first-order chi connectivity index (χ1) is 21.6. The zero-order valence-corrected chi connectivity index (χ0v) is 25.3. The van der Waals surface area contributed by atoms with E-state index >= 15 is 0 Å². The third kappa shape index (κ3) is 6.12. The molecule has 6 rings (SSSR count). The Morgan fingerprint density at radius 3 is 2.58 bits per heavy atom. The minimum Gasteiger partial charge on any atom is -0.478 e. The van der Waals surface area contributed by atoms with Crippen LogP contribution in [0.25, 0.3) is 16.8 Å². The molecule has 11 heteroatoms. The molecule has 4 aromatic rings. The Morgan fingerprint density at radius 2 is 1.87 bits per heavy atom. The van der Waals surface area contributed by atoms with Crippen molar-refractivity contribution in [2.75, 3.05) is 6.54 Å². The second-order valence-corrected chi connectivity index (χ2v) is 12.2. The molecule has 0 unspecified atom stereocenters. The number of alkyl halides is 3. The van der Waals surface area contributed by atoms with E-state index in [0.29, 0.717) is 29.9 Å². The van der Waals surface area contributed by atoms with Crippen molar-refractivity contribution < 1.29 is 27.9 Å². The summed E-state index contributed by atoms with van der Waals surface area (Å²) in [6, 6.07) is 12.3. The van der Waals surface area contributed by atoms with E-state index in [2.05, 4.69) is 10.3 Å². The molecule has 2 aliphatic rings. The molecule has 45 heavy (non-hydrogen) atoms. The molecule has 236 valence electrons. The highest BCUT2D eigenvalue weighted by atomic mass is 19.4. The van der Waals surface area contributed by atoms with Crippen molar-refractivity contribution in [2.45, 2.75) is 70.0 Å². The zero-order chi connectivity index (χ0) is 31.9. The monoisotopic (exact) mass is 619 g/mol. The lowest BCUT2D eigenvalue weighted by molar-refractivity contribution is -0.137. The molecule has 2 aromatic heterocycles. The zero-order valence-electron chi connectivity index (χ0n) is 25.3. The lowest BCUT2D eigenvalue weighted by Gasteiger charge is -2.36. The molecule has 1 saturated carbocycles. The summed E-state index contributed by atoms with van der Waals surface area (Å²) in [5.41, 5.74) is 1.04. The maximum Gasteiger partial charge on any atom is 0.417 e. The minimum absolute atomic E-state index is 0.0695. The summed E-state index contributed by atoms with van der Waals surface area (Å²) in [5, 5.41) is 18.2. The largest absolute Gasteiger partial charge is 0.478 e. The molecule has 0 bridgehead atoms. The van der Waals surface area contributed by atoms with E-state index in [0.717, 1.165) is 44.2 Å². The molecule has 1 aliphatic heterocycles. The van der Waals surface area contributed by atoms with Crippen molar-refractivity contribution in [1.29, 1.82) is 0 Å². The van der Waals surface area contributed by atoms with Gasteiger partial charge < -0.3 is 14.6 Å². The third-order valence-electron chi connectivity index (χ3n) is 9.12. The first-order valence-corrected chi connectivity index (χ1v) is 15.5. The minimum atomic E-state index is -4.77. The van der Waals surface area contributed by atoms with Gasteiger partial charge in [0.05, 0.1) is 22.4 Å². The number of carbonyl (C=O) groups excluding carboxylic acids is 1. The molecule has 1 aliphatic carbocycles. The summed E-state index contributed by atoms with van der Waals surface area (Å²) >= 11 is 0. The summed E-state index contributed by atoms with van der Waals surface area (Å²) in [5.74, 6) is -1.32. The highest BCUT2D eigenvalue weighted by Gasteiger charge is 2.42. The highest BCUT2D eigenvalue weighted by Crippen LogP contribution is 2.49. The predicted molar refractivity (Wildman–Crippen MR) is 162 cm³/mol. The van der Waals surface area contributed by atoms with Gasteiger partial charge in [-0.05, 0) is 79.8 Å². The van der Waals surface area contributed by atoms with Crippen molar-refractivity contribution >= 4 is 11.9 Å². The standard InChI is InChI=1S/C34H36F3N5O3/c1-3-8-23-10-4-5-15-42(23)32(43)27-13-7-12-25(31(27)34(35,36)37)21-9-6-11-24(17-21)41-16-14-26(33(44)45)30(41)19-22-18-28(22)29-20-40(2)39-38-29/h6-7,9,11-14,16-17,20,22-23,28H,3-5,8,10,15,18-19H2,1-2H3,(H,44,45)/t22-,23+,28+/m0/s1. The second-order valence-electron chi connectivity index (χ2n) is 12.2. The van der Waals surface area contributed by atoms with Crippen LogP contribution in [-0.4, -0.2) is 54.0 Å². The summed E-state index contributed by atoms with van der Waals surface area (Å²) in [7, 11) is 1.79. The number of benzene rings is 2. The van der Waals surface area contributed by atoms with Gasteiger partial charge in [0.2, 0.25) is 0 Å². The number of hydrogen-bond acceptors (Lipinski definition) is 4. The van der Waals surface area contributed by atoms with E-state index in [1.807, 2.05) is 13.1 Å². The number of aromatic nitrogens is 4. The summed E-state index contributed by atoms with van der Waals surface area (Å²) in [6.07, 6.45) is 4.16. The number of aromatic carboxylic acids is 1. The third-order valence-corrected chi connectivity index (χ3v) is 9.12. The smallest absolute Gasteiger partial charge is 0.417 e. The summed E-state index contributed by atoms with van der Waals surface area (Å²) in [4.78, 5) is 27.5. The molecule has 8 nitrogen and oxygen atoms in total. The van der Waals surface area contributed by atoms with Gasteiger partial charge in [-0.25, -0.2) is 4.79 Å². The number of likely N-dealkylation sites (tertiary alicyclic amines) is 1. The average molecular weight is 620 g/mol. The van der Waals surface area contributed by atoms with Crippen LogP contribution in [0.5, 0.6) is 0 Å². The second kappa shape index (κ2) is 12.2. The first-order valence-electron chi connectivity index (χ1n) is 15.5. The number of carbonyl (C=O) groups is 2. The van der Waals surface area contributed by atoms with Gasteiger partial charge in [-0.3, -0.25) is 9.48 Å². The number of piperidine rings is 1. The van der Waals surface area contributed by atoms with Gasteiger partial charge in [-0.15, -0.1) is 5.10 Å². The van der Waals surface area contributed by atoms with E-state index in [1.165, 1.54) is 24.3 Å². The van der Waals surface area contributed by atoms with Gasteiger partial charge >= 0.3 is 12.1 Å². The molecule has 3 heterocycles. The molecule has 1 saturated heterocycles.